The Hall–Kier alpha value is -1.62. The van der Waals surface area contributed by atoms with Crippen LogP contribution in [0.4, 0.5) is 10.3 Å². The van der Waals surface area contributed by atoms with Gasteiger partial charge in [0.1, 0.15) is 5.52 Å². The Morgan fingerprint density at radius 2 is 2.11 bits per heavy atom. The molecule has 2 rings (SSSR count). The van der Waals surface area contributed by atoms with Crippen LogP contribution in [0, 0.1) is 5.82 Å². The van der Waals surface area contributed by atoms with E-state index in [1.807, 2.05) is 10.6 Å². The van der Waals surface area contributed by atoms with Crippen LogP contribution >= 0.6 is 0 Å². The van der Waals surface area contributed by atoms with Crippen molar-refractivity contribution in [3.05, 3.63) is 24.0 Å². The number of benzene rings is 1. The first kappa shape index (κ1) is 13.8. The van der Waals surface area contributed by atoms with E-state index in [9.17, 15) is 4.39 Å². The summed E-state index contributed by atoms with van der Waals surface area (Å²) in [4.78, 5) is 4.07. The van der Waals surface area contributed by atoms with E-state index in [0.29, 0.717) is 24.6 Å². The monoisotopic (exact) mass is 265 g/mol. The molecular weight excluding hydrogens is 245 g/mol. The number of nitrogen functional groups attached to an aromatic ring is 1. The average Bonchev–Trinajstić information content (AvgIpc) is 2.72. The molecule has 1 heterocycles. The number of nitrogens with zero attached hydrogens (tertiary/aromatic N) is 2. The third kappa shape index (κ3) is 3.23. The Balaban J connectivity index is 1.97. The van der Waals surface area contributed by atoms with Crippen LogP contribution in [-0.4, -0.2) is 22.8 Å². The van der Waals surface area contributed by atoms with E-state index < -0.39 is 0 Å². The van der Waals surface area contributed by atoms with Gasteiger partial charge in [-0.3, -0.25) is 0 Å². The molecule has 104 valence electrons. The minimum atomic E-state index is -0.331. The van der Waals surface area contributed by atoms with Gasteiger partial charge in [0.15, 0.2) is 5.82 Å². The topological polar surface area (TPSA) is 53.1 Å². The van der Waals surface area contributed by atoms with Gasteiger partial charge >= 0.3 is 0 Å². The van der Waals surface area contributed by atoms with E-state index in [1.165, 1.54) is 6.07 Å². The van der Waals surface area contributed by atoms with Crippen molar-refractivity contribution in [1.82, 2.24) is 9.55 Å². The molecule has 19 heavy (non-hydrogen) atoms. The summed E-state index contributed by atoms with van der Waals surface area (Å²) in [6, 6.07) is 4.90. The quantitative estimate of drug-likeness (QED) is 0.783. The smallest absolute Gasteiger partial charge is 0.201 e. The van der Waals surface area contributed by atoms with E-state index >= 15 is 0 Å². The van der Waals surface area contributed by atoms with Crippen molar-refractivity contribution in [3.63, 3.8) is 0 Å². The summed E-state index contributed by atoms with van der Waals surface area (Å²) in [5.41, 5.74) is 6.91. The van der Waals surface area contributed by atoms with Gasteiger partial charge in [-0.25, -0.2) is 9.37 Å². The lowest BCUT2D eigenvalue weighted by molar-refractivity contribution is 0.126. The molecule has 0 spiro atoms. The molecule has 5 heteroatoms. The average molecular weight is 265 g/mol. The number of hydrogen-bond donors (Lipinski definition) is 1. The highest BCUT2D eigenvalue weighted by atomic mass is 19.1. The second-order valence-electron chi connectivity index (χ2n) is 4.55. The summed E-state index contributed by atoms with van der Waals surface area (Å²) < 4.78 is 20.9. The molecule has 0 saturated carbocycles. The van der Waals surface area contributed by atoms with Gasteiger partial charge in [-0.2, -0.15) is 0 Å². The van der Waals surface area contributed by atoms with Crippen molar-refractivity contribution in [2.45, 2.75) is 32.7 Å². The zero-order valence-corrected chi connectivity index (χ0v) is 11.2. The minimum absolute atomic E-state index is 0.331. The molecular formula is C14H20FN3O. The van der Waals surface area contributed by atoms with Gasteiger partial charge in [0.25, 0.3) is 0 Å². The Bertz CT molecular complexity index is 539. The highest BCUT2D eigenvalue weighted by molar-refractivity contribution is 5.78. The molecule has 1 aromatic carbocycles. The first-order valence-corrected chi connectivity index (χ1v) is 6.72. The van der Waals surface area contributed by atoms with E-state index in [-0.39, 0.29) is 5.82 Å². The molecule has 1 aromatic heterocycles. The van der Waals surface area contributed by atoms with Gasteiger partial charge in [0, 0.05) is 19.8 Å². The van der Waals surface area contributed by atoms with Crippen molar-refractivity contribution >= 4 is 17.0 Å². The van der Waals surface area contributed by atoms with Gasteiger partial charge in [-0.15, -0.1) is 0 Å². The van der Waals surface area contributed by atoms with E-state index in [1.54, 1.807) is 6.07 Å². The van der Waals surface area contributed by atoms with Crippen LogP contribution in [0.5, 0.6) is 0 Å². The van der Waals surface area contributed by atoms with Gasteiger partial charge in [0.05, 0.1) is 5.52 Å². The Kier molecular flexibility index (Phi) is 4.74. The molecule has 2 N–H and O–H groups in total. The lowest BCUT2D eigenvalue weighted by Crippen LogP contribution is -2.06. The third-order valence-electron chi connectivity index (χ3n) is 3.07. The number of aryl methyl sites for hydroxylation is 1. The second-order valence-corrected chi connectivity index (χ2v) is 4.55. The minimum Gasteiger partial charge on any atom is -0.381 e. The summed E-state index contributed by atoms with van der Waals surface area (Å²) in [5.74, 6) is 0.0239. The van der Waals surface area contributed by atoms with E-state index in [0.717, 1.165) is 31.4 Å². The van der Waals surface area contributed by atoms with E-state index in [4.69, 9.17) is 10.5 Å². The molecule has 0 aliphatic heterocycles. The van der Waals surface area contributed by atoms with Crippen molar-refractivity contribution in [3.8, 4) is 0 Å². The molecule has 0 fully saturated rings. The van der Waals surface area contributed by atoms with Crippen molar-refractivity contribution in [1.29, 1.82) is 0 Å². The maximum Gasteiger partial charge on any atom is 0.201 e. The fraction of sp³-hybridized carbons (Fsp3) is 0.500. The molecule has 2 aromatic rings. The Morgan fingerprint density at radius 1 is 1.32 bits per heavy atom. The van der Waals surface area contributed by atoms with Crippen LogP contribution in [0.25, 0.3) is 11.0 Å². The van der Waals surface area contributed by atoms with Crippen molar-refractivity contribution in [2.24, 2.45) is 0 Å². The summed E-state index contributed by atoms with van der Waals surface area (Å²) in [6.07, 6.45) is 3.07. The maximum atomic E-state index is 13.6. The predicted octanol–water partition coefficient (Wildman–Crippen LogP) is 2.96. The number of fused-ring (bicyclic) bond motifs is 1. The fourth-order valence-electron chi connectivity index (χ4n) is 2.04. The van der Waals surface area contributed by atoms with Crippen LogP contribution in [0.1, 0.15) is 26.2 Å². The molecule has 0 amide bonds. The first-order valence-electron chi connectivity index (χ1n) is 6.72. The summed E-state index contributed by atoms with van der Waals surface area (Å²) in [5, 5.41) is 0. The summed E-state index contributed by atoms with van der Waals surface area (Å²) in [7, 11) is 0. The number of nitrogens with two attached hydrogens (primary N) is 1. The molecule has 4 nitrogen and oxygen atoms in total. The number of para-hydroxylation sites is 1. The van der Waals surface area contributed by atoms with Crippen LogP contribution in [0.15, 0.2) is 18.2 Å². The van der Waals surface area contributed by atoms with Gasteiger partial charge in [-0.1, -0.05) is 19.4 Å². The summed E-state index contributed by atoms with van der Waals surface area (Å²) >= 11 is 0. The molecule has 0 radical (unpaired) electrons. The number of ether oxygens (including phenoxy) is 1. The molecule has 0 atom stereocenters. The van der Waals surface area contributed by atoms with Crippen molar-refractivity contribution in [2.75, 3.05) is 18.9 Å². The largest absolute Gasteiger partial charge is 0.381 e. The van der Waals surface area contributed by atoms with Crippen LogP contribution < -0.4 is 5.73 Å². The van der Waals surface area contributed by atoms with E-state index in [2.05, 4.69) is 11.9 Å². The summed E-state index contributed by atoms with van der Waals surface area (Å²) in [6.45, 7) is 4.31. The number of unbranched alkanes of at least 4 members (excludes halogenated alkanes) is 1. The lowest BCUT2D eigenvalue weighted by Gasteiger charge is -2.07. The van der Waals surface area contributed by atoms with Crippen LogP contribution in [0.3, 0.4) is 0 Å². The SMILES string of the molecule is CCCCOCCCn1c(N)nc2c(F)cccc21. The number of hydrogen-bond acceptors (Lipinski definition) is 3. The number of anilines is 1. The van der Waals surface area contributed by atoms with Crippen molar-refractivity contribution < 1.29 is 9.13 Å². The Morgan fingerprint density at radius 3 is 2.89 bits per heavy atom. The number of aromatic nitrogens is 2. The number of imidazole rings is 1. The molecule has 0 unspecified atom stereocenters. The standard InChI is InChI=1S/C14H20FN3O/c1-2-3-9-19-10-5-8-18-12-7-4-6-11(15)13(12)17-14(18)16/h4,6-7H,2-3,5,8-10H2,1H3,(H2,16,17). The van der Waals surface area contributed by atoms with Gasteiger partial charge in [0.2, 0.25) is 5.95 Å². The van der Waals surface area contributed by atoms with Crippen LogP contribution in [-0.2, 0) is 11.3 Å². The highest BCUT2D eigenvalue weighted by Gasteiger charge is 2.10. The lowest BCUT2D eigenvalue weighted by atomic mass is 10.3. The predicted molar refractivity (Wildman–Crippen MR) is 74.4 cm³/mol. The Labute approximate surface area is 112 Å². The zero-order valence-electron chi connectivity index (χ0n) is 11.2. The molecule has 0 bridgehead atoms. The highest BCUT2D eigenvalue weighted by Crippen LogP contribution is 2.20. The molecule has 0 aliphatic rings. The fourth-order valence-corrected chi connectivity index (χ4v) is 2.04. The zero-order chi connectivity index (χ0) is 13.7. The van der Waals surface area contributed by atoms with Gasteiger partial charge < -0.3 is 15.0 Å². The molecule has 0 aliphatic carbocycles. The maximum absolute atomic E-state index is 13.6. The third-order valence-corrected chi connectivity index (χ3v) is 3.07. The number of rotatable bonds is 7. The second kappa shape index (κ2) is 6.52. The molecule has 0 saturated heterocycles. The van der Waals surface area contributed by atoms with Crippen LogP contribution in [0.2, 0.25) is 0 Å². The first-order chi connectivity index (χ1) is 9.24. The number of halogens is 1. The normalized spacial score (nSPS) is 11.3. The van der Waals surface area contributed by atoms with Gasteiger partial charge in [-0.05, 0) is 25.0 Å².